The second-order valence-corrected chi connectivity index (χ2v) is 8.07. The molecule has 15 nitrogen and oxygen atoms in total. The average Bonchev–Trinajstić information content (AvgIpc) is 3.30. The van der Waals surface area contributed by atoms with E-state index in [-0.39, 0.29) is 37.5 Å². The Bertz CT molecular complexity index is 876. The van der Waals surface area contributed by atoms with Gasteiger partial charge in [0.1, 0.15) is 24.2 Å². The molecule has 0 bridgehead atoms. The van der Waals surface area contributed by atoms with Gasteiger partial charge in [-0.15, -0.1) is 0 Å². The third-order valence-corrected chi connectivity index (χ3v) is 5.17. The van der Waals surface area contributed by atoms with Crippen LogP contribution in [-0.2, 0) is 25.6 Å². The van der Waals surface area contributed by atoms with Crippen LogP contribution in [0.4, 0.5) is 0 Å². The number of H-pyrrole nitrogens is 1. The molecule has 16 heteroatoms. The molecule has 12 N–H and O–H groups in total. The highest BCUT2D eigenvalue weighted by Crippen LogP contribution is 2.04. The van der Waals surface area contributed by atoms with Crippen LogP contribution in [0.1, 0.15) is 25.5 Å². The highest BCUT2D eigenvalue weighted by molar-refractivity contribution is 7.80. The van der Waals surface area contributed by atoms with Crippen LogP contribution in [0, 0.1) is 0 Å². The van der Waals surface area contributed by atoms with Crippen LogP contribution >= 0.6 is 12.6 Å². The van der Waals surface area contributed by atoms with E-state index in [4.69, 9.17) is 17.2 Å². The Hall–Kier alpha value is -3.37. The summed E-state index contributed by atoms with van der Waals surface area (Å²) in [5, 5.41) is 26.2. The molecular formula is C19H33N9O6S. The topological polar surface area (TPSA) is 264 Å². The number of carboxylic acid groups (broad SMARTS) is 1. The second kappa shape index (κ2) is 14.8. The number of guanidine groups is 1. The Kier molecular flexibility index (Phi) is 12.5. The molecule has 1 aromatic heterocycles. The molecule has 0 aromatic carbocycles. The summed E-state index contributed by atoms with van der Waals surface area (Å²) >= 11 is 4.05. The molecule has 0 radical (unpaired) electrons. The molecule has 1 heterocycles. The van der Waals surface area contributed by atoms with E-state index in [0.717, 1.165) is 0 Å². The van der Waals surface area contributed by atoms with Crippen LogP contribution in [0.3, 0.4) is 0 Å². The lowest BCUT2D eigenvalue weighted by atomic mass is 10.1. The van der Waals surface area contributed by atoms with Gasteiger partial charge in [-0.2, -0.15) is 12.6 Å². The van der Waals surface area contributed by atoms with E-state index in [9.17, 15) is 29.4 Å². The lowest BCUT2D eigenvalue weighted by Crippen LogP contribution is -2.58. The van der Waals surface area contributed by atoms with Crippen molar-refractivity contribution in [1.29, 1.82) is 0 Å². The zero-order valence-corrected chi connectivity index (χ0v) is 20.1. The fourth-order valence-electron chi connectivity index (χ4n) is 2.81. The summed E-state index contributed by atoms with van der Waals surface area (Å²) in [7, 11) is 0. The number of carboxylic acids is 1. The number of hydrogen-bond donors (Lipinski definition) is 10. The van der Waals surface area contributed by atoms with Gasteiger partial charge >= 0.3 is 5.97 Å². The highest BCUT2D eigenvalue weighted by atomic mass is 32.1. The highest BCUT2D eigenvalue weighted by Gasteiger charge is 2.30. The Morgan fingerprint density at radius 3 is 2.23 bits per heavy atom. The quantitative estimate of drug-likeness (QED) is 0.0470. The van der Waals surface area contributed by atoms with Gasteiger partial charge in [-0.1, -0.05) is 0 Å². The molecule has 0 saturated heterocycles. The number of nitrogens with two attached hydrogens (primary N) is 3. The van der Waals surface area contributed by atoms with Crippen LogP contribution in [0.15, 0.2) is 17.5 Å². The van der Waals surface area contributed by atoms with Crippen LogP contribution in [0.5, 0.6) is 0 Å². The number of carbonyl (C=O) groups is 4. The van der Waals surface area contributed by atoms with E-state index in [2.05, 4.69) is 43.5 Å². The maximum atomic E-state index is 12.9. The number of aliphatic carboxylic acids is 1. The van der Waals surface area contributed by atoms with E-state index in [1.54, 1.807) is 0 Å². The van der Waals surface area contributed by atoms with E-state index < -0.39 is 54.0 Å². The van der Waals surface area contributed by atoms with Crippen LogP contribution in [0.2, 0.25) is 0 Å². The minimum Gasteiger partial charge on any atom is -0.480 e. The van der Waals surface area contributed by atoms with Crippen LogP contribution < -0.4 is 33.2 Å². The monoisotopic (exact) mass is 515 g/mol. The predicted octanol–water partition coefficient (Wildman–Crippen LogP) is -3.82. The summed E-state index contributed by atoms with van der Waals surface area (Å²) in [6.45, 7) is 1.48. The molecular weight excluding hydrogens is 482 g/mol. The molecule has 3 amide bonds. The Balaban J connectivity index is 2.94. The van der Waals surface area contributed by atoms with Gasteiger partial charge in [0.2, 0.25) is 17.7 Å². The largest absolute Gasteiger partial charge is 0.480 e. The van der Waals surface area contributed by atoms with E-state index >= 15 is 0 Å². The summed E-state index contributed by atoms with van der Waals surface area (Å²) in [6.07, 6.45) is 1.91. The van der Waals surface area contributed by atoms with Gasteiger partial charge in [-0.3, -0.25) is 19.4 Å². The minimum absolute atomic E-state index is 0.0607. The van der Waals surface area contributed by atoms with Gasteiger partial charge in [0.05, 0.1) is 12.4 Å². The molecule has 5 unspecified atom stereocenters. The standard InChI is InChI=1S/C19H33N9O6S/c1-9(29)14(20)17(32)28-13(7-35)16(31)26-11(3-2-4-24-19(21)22)15(30)27-12(18(33)34)5-10-6-23-8-25-10/h6,8-9,11-14,29,35H,2-5,7,20H2,1H3,(H,23,25)(H,26,31)(H,27,30)(H,28,32)(H,33,34)(H4,21,22,24). The number of amides is 3. The maximum Gasteiger partial charge on any atom is 0.326 e. The first kappa shape index (κ1) is 29.7. The predicted molar refractivity (Wildman–Crippen MR) is 129 cm³/mol. The number of aromatic nitrogens is 2. The fraction of sp³-hybridized carbons (Fsp3) is 0.579. The number of aliphatic imine (C=N–C) groups is 1. The summed E-state index contributed by atoms with van der Waals surface area (Å²) in [4.78, 5) is 59.9. The number of aromatic amines is 1. The Labute approximate surface area is 207 Å². The lowest BCUT2D eigenvalue weighted by molar-refractivity contribution is -0.142. The van der Waals surface area contributed by atoms with Crippen molar-refractivity contribution in [3.8, 4) is 0 Å². The Morgan fingerprint density at radius 2 is 1.71 bits per heavy atom. The van der Waals surface area contributed by atoms with E-state index in [1.807, 2.05) is 0 Å². The van der Waals surface area contributed by atoms with Gasteiger partial charge in [0.25, 0.3) is 0 Å². The molecule has 0 spiro atoms. The number of nitrogens with zero attached hydrogens (tertiary/aromatic N) is 2. The van der Waals surface area contributed by atoms with Gasteiger partial charge in [0, 0.05) is 30.6 Å². The SMILES string of the molecule is CC(O)C(N)C(=O)NC(CS)C(=O)NC(CCCN=C(N)N)C(=O)NC(Cc1cnc[nH]1)C(=O)O. The summed E-state index contributed by atoms with van der Waals surface area (Å²) < 4.78 is 0. The lowest BCUT2D eigenvalue weighted by Gasteiger charge is -2.25. The molecule has 1 rings (SSSR count). The number of carbonyl (C=O) groups excluding carboxylic acids is 3. The van der Waals surface area contributed by atoms with Gasteiger partial charge < -0.3 is 48.3 Å². The maximum absolute atomic E-state index is 12.9. The first-order valence-corrected chi connectivity index (χ1v) is 11.3. The molecule has 5 atom stereocenters. The van der Waals surface area contributed by atoms with Crippen molar-refractivity contribution in [2.75, 3.05) is 12.3 Å². The number of rotatable bonds is 15. The molecule has 196 valence electrons. The molecule has 0 aliphatic heterocycles. The summed E-state index contributed by atoms with van der Waals surface area (Å²) in [5.74, 6) is -3.87. The van der Waals surface area contributed by atoms with Gasteiger partial charge in [-0.25, -0.2) is 9.78 Å². The van der Waals surface area contributed by atoms with E-state index in [0.29, 0.717) is 5.69 Å². The molecule has 0 fully saturated rings. The third-order valence-electron chi connectivity index (χ3n) is 4.81. The first-order chi connectivity index (χ1) is 16.5. The van der Waals surface area contributed by atoms with Crippen molar-refractivity contribution in [2.24, 2.45) is 22.2 Å². The number of thiol groups is 1. The van der Waals surface area contributed by atoms with Crippen molar-refractivity contribution in [1.82, 2.24) is 25.9 Å². The number of aliphatic hydroxyl groups is 1. The van der Waals surface area contributed by atoms with Gasteiger partial charge in [0.15, 0.2) is 5.96 Å². The molecule has 0 saturated carbocycles. The van der Waals surface area contributed by atoms with Crippen molar-refractivity contribution < 1.29 is 29.4 Å². The van der Waals surface area contributed by atoms with E-state index in [1.165, 1.54) is 19.4 Å². The van der Waals surface area contributed by atoms with Crippen molar-refractivity contribution in [3.05, 3.63) is 18.2 Å². The third kappa shape index (κ3) is 10.6. The summed E-state index contributed by atoms with van der Waals surface area (Å²) in [5.41, 5.74) is 16.6. The molecule has 0 aliphatic carbocycles. The molecule has 1 aromatic rings. The zero-order valence-electron chi connectivity index (χ0n) is 19.2. The number of hydrogen-bond acceptors (Lipinski definition) is 9. The van der Waals surface area contributed by atoms with Crippen molar-refractivity contribution >= 4 is 42.3 Å². The van der Waals surface area contributed by atoms with Crippen molar-refractivity contribution in [3.63, 3.8) is 0 Å². The summed E-state index contributed by atoms with van der Waals surface area (Å²) in [6, 6.07) is -4.93. The second-order valence-electron chi connectivity index (χ2n) is 7.70. The molecule has 35 heavy (non-hydrogen) atoms. The number of aliphatic hydroxyl groups excluding tert-OH is 1. The van der Waals surface area contributed by atoms with Gasteiger partial charge in [-0.05, 0) is 19.8 Å². The average molecular weight is 516 g/mol. The smallest absolute Gasteiger partial charge is 0.326 e. The van der Waals surface area contributed by atoms with Crippen LogP contribution in [0.25, 0.3) is 0 Å². The Morgan fingerprint density at radius 1 is 1.11 bits per heavy atom. The molecule has 0 aliphatic rings. The minimum atomic E-state index is -1.30. The van der Waals surface area contributed by atoms with Crippen molar-refractivity contribution in [2.45, 2.75) is 56.5 Å². The van der Waals surface area contributed by atoms with Crippen LogP contribution in [-0.4, -0.2) is 92.4 Å². The first-order valence-electron chi connectivity index (χ1n) is 10.7. The normalized spacial score (nSPS) is 15.1. The number of imidazole rings is 1. The zero-order chi connectivity index (χ0) is 26.5. The number of nitrogens with one attached hydrogen (secondary N) is 4. The fourth-order valence-corrected chi connectivity index (χ4v) is 3.07.